The maximum atomic E-state index is 9.83. The van der Waals surface area contributed by atoms with Crippen LogP contribution in [0.2, 0.25) is 0 Å². The minimum absolute atomic E-state index is 0.400. The molecule has 0 bridgehead atoms. The van der Waals surface area contributed by atoms with Gasteiger partial charge in [-0.3, -0.25) is 4.98 Å². The van der Waals surface area contributed by atoms with Crippen LogP contribution in [0.15, 0.2) is 54.7 Å². The standard InChI is InChI=1S/C20H20BNO4/c1-13-10-11-22-20(14-4-6-15(25-2)7-5-14)19(13)17-12-16(26-3)8-9-18(17)21(23)24/h4-12,23-24H,1-3H3. The van der Waals surface area contributed by atoms with Crippen molar-refractivity contribution in [3.05, 3.63) is 60.3 Å². The van der Waals surface area contributed by atoms with Gasteiger partial charge in [0.1, 0.15) is 11.5 Å². The van der Waals surface area contributed by atoms with E-state index in [1.165, 1.54) is 0 Å². The maximum absolute atomic E-state index is 9.83. The fourth-order valence-corrected chi connectivity index (χ4v) is 2.97. The van der Waals surface area contributed by atoms with E-state index < -0.39 is 7.12 Å². The molecule has 26 heavy (non-hydrogen) atoms. The zero-order valence-corrected chi connectivity index (χ0v) is 14.9. The molecule has 0 fully saturated rings. The molecule has 1 aromatic heterocycles. The van der Waals surface area contributed by atoms with Crippen LogP contribution in [-0.2, 0) is 0 Å². The Balaban J connectivity index is 2.25. The lowest BCUT2D eigenvalue weighted by Gasteiger charge is -2.17. The molecule has 0 aliphatic heterocycles. The molecule has 0 radical (unpaired) electrons. The molecule has 6 heteroatoms. The highest BCUT2D eigenvalue weighted by Crippen LogP contribution is 2.34. The molecule has 0 aliphatic rings. The summed E-state index contributed by atoms with van der Waals surface area (Å²) in [6.07, 6.45) is 1.74. The van der Waals surface area contributed by atoms with Crippen LogP contribution < -0.4 is 14.9 Å². The van der Waals surface area contributed by atoms with Crippen molar-refractivity contribution in [2.75, 3.05) is 14.2 Å². The Labute approximate surface area is 153 Å². The normalized spacial score (nSPS) is 10.5. The molecular weight excluding hydrogens is 329 g/mol. The highest BCUT2D eigenvalue weighted by atomic mass is 16.5. The summed E-state index contributed by atoms with van der Waals surface area (Å²) in [5.74, 6) is 1.39. The first-order valence-electron chi connectivity index (χ1n) is 8.19. The zero-order chi connectivity index (χ0) is 18.7. The number of hydrogen-bond donors (Lipinski definition) is 2. The minimum Gasteiger partial charge on any atom is -0.497 e. The summed E-state index contributed by atoms with van der Waals surface area (Å²) in [6, 6.07) is 14.7. The lowest BCUT2D eigenvalue weighted by molar-refractivity contribution is 0.414. The number of pyridine rings is 1. The van der Waals surface area contributed by atoms with Crippen molar-refractivity contribution in [3.63, 3.8) is 0 Å². The van der Waals surface area contributed by atoms with Gasteiger partial charge in [0.25, 0.3) is 0 Å². The number of ether oxygens (including phenoxy) is 2. The van der Waals surface area contributed by atoms with Gasteiger partial charge in [0.2, 0.25) is 0 Å². The van der Waals surface area contributed by atoms with Crippen LogP contribution in [0.4, 0.5) is 0 Å². The topological polar surface area (TPSA) is 71.8 Å². The maximum Gasteiger partial charge on any atom is 0.489 e. The summed E-state index contributed by atoms with van der Waals surface area (Å²) in [4.78, 5) is 4.55. The summed E-state index contributed by atoms with van der Waals surface area (Å²) in [5, 5.41) is 19.7. The first-order chi connectivity index (χ1) is 12.5. The second-order valence-electron chi connectivity index (χ2n) is 5.91. The van der Waals surface area contributed by atoms with Crippen molar-refractivity contribution >= 4 is 12.6 Å². The predicted molar refractivity (Wildman–Crippen MR) is 103 cm³/mol. The van der Waals surface area contributed by atoms with Crippen LogP contribution in [0.3, 0.4) is 0 Å². The molecule has 2 aromatic carbocycles. The Kier molecular flexibility index (Phi) is 5.25. The Hall–Kier alpha value is -2.83. The molecule has 0 saturated heterocycles. The summed E-state index contributed by atoms with van der Waals surface area (Å²) in [7, 11) is 1.60. The van der Waals surface area contributed by atoms with Crippen molar-refractivity contribution in [1.29, 1.82) is 0 Å². The molecule has 3 aromatic rings. The molecule has 0 amide bonds. The highest BCUT2D eigenvalue weighted by molar-refractivity contribution is 6.60. The van der Waals surface area contributed by atoms with E-state index in [9.17, 15) is 10.0 Å². The van der Waals surface area contributed by atoms with Crippen LogP contribution >= 0.6 is 0 Å². The van der Waals surface area contributed by atoms with E-state index in [-0.39, 0.29) is 0 Å². The Morgan fingerprint density at radius 1 is 0.885 bits per heavy atom. The van der Waals surface area contributed by atoms with E-state index in [1.807, 2.05) is 37.3 Å². The predicted octanol–water partition coefficient (Wildman–Crippen LogP) is 2.42. The van der Waals surface area contributed by atoms with Crippen LogP contribution in [0.5, 0.6) is 11.5 Å². The minimum atomic E-state index is -1.60. The van der Waals surface area contributed by atoms with Gasteiger partial charge < -0.3 is 19.5 Å². The van der Waals surface area contributed by atoms with Gasteiger partial charge in [0.05, 0.1) is 19.9 Å². The highest BCUT2D eigenvalue weighted by Gasteiger charge is 2.22. The van der Waals surface area contributed by atoms with Gasteiger partial charge in [0, 0.05) is 17.3 Å². The molecule has 0 atom stereocenters. The van der Waals surface area contributed by atoms with Crippen molar-refractivity contribution in [2.24, 2.45) is 0 Å². The van der Waals surface area contributed by atoms with E-state index in [0.717, 1.165) is 28.1 Å². The van der Waals surface area contributed by atoms with Gasteiger partial charge in [-0.2, -0.15) is 0 Å². The summed E-state index contributed by atoms with van der Waals surface area (Å²) in [6.45, 7) is 1.97. The fraction of sp³-hybridized carbons (Fsp3) is 0.150. The monoisotopic (exact) mass is 349 g/mol. The number of methoxy groups -OCH3 is 2. The smallest absolute Gasteiger partial charge is 0.489 e. The molecule has 5 nitrogen and oxygen atoms in total. The van der Waals surface area contributed by atoms with Gasteiger partial charge in [-0.05, 0) is 66.0 Å². The number of rotatable bonds is 5. The van der Waals surface area contributed by atoms with Crippen molar-refractivity contribution in [1.82, 2.24) is 4.98 Å². The van der Waals surface area contributed by atoms with E-state index in [2.05, 4.69) is 4.98 Å². The number of benzene rings is 2. The zero-order valence-electron chi connectivity index (χ0n) is 14.9. The first kappa shape index (κ1) is 18.0. The fourth-order valence-electron chi connectivity index (χ4n) is 2.97. The number of aromatic nitrogens is 1. The molecule has 1 heterocycles. The second-order valence-corrected chi connectivity index (χ2v) is 5.91. The van der Waals surface area contributed by atoms with Crippen LogP contribution in [0.1, 0.15) is 5.56 Å². The molecule has 3 rings (SSSR count). The summed E-state index contributed by atoms with van der Waals surface area (Å²) in [5.41, 5.74) is 4.54. The quantitative estimate of drug-likeness (QED) is 0.693. The molecule has 0 unspecified atom stereocenters. The number of aryl methyl sites for hydroxylation is 1. The van der Waals surface area contributed by atoms with E-state index in [4.69, 9.17) is 9.47 Å². The van der Waals surface area contributed by atoms with E-state index in [0.29, 0.717) is 16.8 Å². The molecule has 0 aliphatic carbocycles. The first-order valence-corrected chi connectivity index (χ1v) is 8.19. The van der Waals surface area contributed by atoms with Crippen molar-refractivity contribution in [3.8, 4) is 33.9 Å². The lowest BCUT2D eigenvalue weighted by Crippen LogP contribution is -2.31. The Bertz CT molecular complexity index is 910. The van der Waals surface area contributed by atoms with Crippen LogP contribution in [0, 0.1) is 6.92 Å². The molecule has 132 valence electrons. The molecular formula is C20H20BNO4. The lowest BCUT2D eigenvalue weighted by atomic mass is 9.74. The number of nitrogens with zero attached hydrogens (tertiary/aromatic N) is 1. The van der Waals surface area contributed by atoms with Gasteiger partial charge in [0.15, 0.2) is 0 Å². The molecule has 0 saturated carbocycles. The average molecular weight is 349 g/mol. The third-order valence-corrected chi connectivity index (χ3v) is 4.33. The van der Waals surface area contributed by atoms with Gasteiger partial charge in [-0.15, -0.1) is 0 Å². The molecule has 2 N–H and O–H groups in total. The van der Waals surface area contributed by atoms with E-state index >= 15 is 0 Å². The Morgan fingerprint density at radius 2 is 1.54 bits per heavy atom. The van der Waals surface area contributed by atoms with Crippen molar-refractivity contribution < 1.29 is 19.5 Å². The second kappa shape index (κ2) is 7.60. The molecule has 0 spiro atoms. The number of hydrogen-bond acceptors (Lipinski definition) is 5. The van der Waals surface area contributed by atoms with E-state index in [1.54, 1.807) is 38.6 Å². The summed E-state index contributed by atoms with van der Waals surface area (Å²) < 4.78 is 10.5. The summed E-state index contributed by atoms with van der Waals surface area (Å²) >= 11 is 0. The third-order valence-electron chi connectivity index (χ3n) is 4.33. The third kappa shape index (κ3) is 3.42. The average Bonchev–Trinajstić information content (AvgIpc) is 2.67. The van der Waals surface area contributed by atoms with Gasteiger partial charge >= 0.3 is 7.12 Å². The van der Waals surface area contributed by atoms with Crippen LogP contribution in [-0.4, -0.2) is 36.4 Å². The SMILES string of the molecule is COc1ccc(-c2nccc(C)c2-c2cc(OC)ccc2B(O)O)cc1. The van der Waals surface area contributed by atoms with Crippen molar-refractivity contribution in [2.45, 2.75) is 6.92 Å². The van der Waals surface area contributed by atoms with Gasteiger partial charge in [-0.25, -0.2) is 0 Å². The Morgan fingerprint density at radius 3 is 2.15 bits per heavy atom. The van der Waals surface area contributed by atoms with Gasteiger partial charge in [-0.1, -0.05) is 6.07 Å². The largest absolute Gasteiger partial charge is 0.497 e. The van der Waals surface area contributed by atoms with Crippen LogP contribution in [0.25, 0.3) is 22.4 Å².